The average molecular weight is 339 g/mol. The minimum Gasteiger partial charge on any atom is -0.356 e. The Morgan fingerprint density at radius 3 is 2.76 bits per heavy atom. The molecule has 5 heteroatoms. The van der Waals surface area contributed by atoms with Crippen molar-refractivity contribution in [1.82, 2.24) is 14.8 Å². The molecule has 0 bridgehead atoms. The quantitative estimate of drug-likeness (QED) is 0.935. The lowest BCUT2D eigenvalue weighted by atomic mass is 9.82. The van der Waals surface area contributed by atoms with Crippen LogP contribution in [0.4, 0.5) is 0 Å². The highest BCUT2D eigenvalue weighted by Crippen LogP contribution is 2.42. The summed E-state index contributed by atoms with van der Waals surface area (Å²) in [5.41, 5.74) is 2.80. The molecule has 1 aromatic carbocycles. The molecule has 3 heterocycles. The lowest BCUT2D eigenvalue weighted by Gasteiger charge is -2.51. The second-order valence-electron chi connectivity index (χ2n) is 7.68. The van der Waals surface area contributed by atoms with E-state index in [9.17, 15) is 9.59 Å². The van der Waals surface area contributed by atoms with E-state index in [1.54, 1.807) is 4.90 Å². The van der Waals surface area contributed by atoms with E-state index in [1.807, 2.05) is 30.9 Å². The number of piperazine rings is 1. The zero-order valence-corrected chi connectivity index (χ0v) is 15.1. The molecule has 132 valence electrons. The van der Waals surface area contributed by atoms with Crippen molar-refractivity contribution in [2.75, 3.05) is 13.1 Å². The molecule has 0 aliphatic carbocycles. The first-order valence-electron chi connectivity index (χ1n) is 9.16. The summed E-state index contributed by atoms with van der Waals surface area (Å²) >= 11 is 0. The molecule has 4 rings (SSSR count). The molecule has 5 nitrogen and oxygen atoms in total. The Morgan fingerprint density at radius 2 is 2.00 bits per heavy atom. The number of para-hydroxylation sites is 1. The van der Waals surface area contributed by atoms with E-state index in [0.717, 1.165) is 29.4 Å². The van der Waals surface area contributed by atoms with Crippen molar-refractivity contribution < 1.29 is 9.59 Å². The van der Waals surface area contributed by atoms with E-state index in [-0.39, 0.29) is 24.4 Å². The van der Waals surface area contributed by atoms with E-state index >= 15 is 0 Å². The van der Waals surface area contributed by atoms with Crippen LogP contribution in [0.15, 0.2) is 24.3 Å². The fraction of sp³-hybridized carbons (Fsp3) is 0.500. The number of hydrogen-bond donors (Lipinski definition) is 1. The number of benzene rings is 1. The summed E-state index contributed by atoms with van der Waals surface area (Å²) in [6.07, 6.45) is 2.55. The molecule has 0 spiro atoms. The molecule has 2 aliphatic rings. The van der Waals surface area contributed by atoms with Gasteiger partial charge >= 0.3 is 0 Å². The van der Waals surface area contributed by atoms with Gasteiger partial charge < -0.3 is 14.8 Å². The first-order valence-corrected chi connectivity index (χ1v) is 9.16. The van der Waals surface area contributed by atoms with E-state index in [1.165, 1.54) is 5.56 Å². The Kier molecular flexibility index (Phi) is 3.63. The number of aromatic nitrogens is 1. The fourth-order valence-corrected chi connectivity index (χ4v) is 4.48. The maximum Gasteiger partial charge on any atom is 0.246 e. The third kappa shape index (κ3) is 2.29. The third-order valence-corrected chi connectivity index (χ3v) is 5.71. The maximum atomic E-state index is 13.1. The molecule has 2 aliphatic heterocycles. The molecule has 0 unspecified atom stereocenters. The van der Waals surface area contributed by atoms with Crippen molar-refractivity contribution in [3.8, 4) is 0 Å². The van der Waals surface area contributed by atoms with Crippen LogP contribution in [0.25, 0.3) is 10.9 Å². The van der Waals surface area contributed by atoms with Crippen LogP contribution in [-0.4, -0.2) is 45.7 Å². The van der Waals surface area contributed by atoms with E-state index in [4.69, 9.17) is 0 Å². The molecule has 2 aromatic rings. The summed E-state index contributed by atoms with van der Waals surface area (Å²) in [7, 11) is 0. The topological polar surface area (TPSA) is 56.4 Å². The number of nitrogens with one attached hydrogen (secondary N) is 1. The lowest BCUT2D eigenvalue weighted by molar-refractivity contribution is -0.163. The first kappa shape index (κ1) is 16.2. The summed E-state index contributed by atoms with van der Waals surface area (Å²) in [5.74, 6) is 0.145. The number of nitrogens with zero attached hydrogens (tertiary/aromatic N) is 2. The minimum atomic E-state index is -0.513. The Morgan fingerprint density at radius 1 is 1.24 bits per heavy atom. The average Bonchev–Trinajstić information content (AvgIpc) is 2.96. The summed E-state index contributed by atoms with van der Waals surface area (Å²) in [6.45, 7) is 7.06. The summed E-state index contributed by atoms with van der Waals surface area (Å²) < 4.78 is 0. The Hall–Kier alpha value is -2.30. The number of unbranched alkanes of at least 4 members (excludes halogenated alkanes) is 1. The van der Waals surface area contributed by atoms with Crippen LogP contribution >= 0.6 is 0 Å². The second kappa shape index (κ2) is 5.61. The van der Waals surface area contributed by atoms with Gasteiger partial charge in [-0.2, -0.15) is 0 Å². The van der Waals surface area contributed by atoms with Crippen LogP contribution in [0.3, 0.4) is 0 Å². The highest BCUT2D eigenvalue weighted by atomic mass is 16.2. The van der Waals surface area contributed by atoms with Crippen molar-refractivity contribution in [1.29, 1.82) is 0 Å². The van der Waals surface area contributed by atoms with Crippen LogP contribution in [0.5, 0.6) is 0 Å². The standard InChI is InChI=1S/C20H25N3O2/c1-4-5-10-22-12-17(24)23-16(19(22)25)11-14-13-8-6-7-9-15(13)21-18(14)20(23,2)3/h6-9,16,21H,4-5,10-12H2,1-3H3/t16-/m0/s1. The van der Waals surface area contributed by atoms with Gasteiger partial charge in [0.15, 0.2) is 0 Å². The minimum absolute atomic E-state index is 0.0509. The van der Waals surface area contributed by atoms with Crippen molar-refractivity contribution in [3.05, 3.63) is 35.5 Å². The highest BCUT2D eigenvalue weighted by molar-refractivity contribution is 5.97. The van der Waals surface area contributed by atoms with Gasteiger partial charge in [-0.25, -0.2) is 0 Å². The highest BCUT2D eigenvalue weighted by Gasteiger charge is 2.51. The molecule has 1 saturated heterocycles. The number of fused-ring (bicyclic) bond motifs is 4. The van der Waals surface area contributed by atoms with Gasteiger partial charge in [0.25, 0.3) is 0 Å². The summed E-state index contributed by atoms with van der Waals surface area (Å²) in [6, 6.07) is 7.80. The lowest BCUT2D eigenvalue weighted by Crippen LogP contribution is -2.67. The zero-order chi connectivity index (χ0) is 17.8. The van der Waals surface area contributed by atoms with E-state index in [2.05, 4.69) is 24.0 Å². The van der Waals surface area contributed by atoms with Crippen LogP contribution in [0.2, 0.25) is 0 Å². The molecule has 0 radical (unpaired) electrons. The zero-order valence-electron chi connectivity index (χ0n) is 15.1. The fourth-order valence-electron chi connectivity index (χ4n) is 4.48. The number of carbonyl (C=O) groups is 2. The van der Waals surface area contributed by atoms with Gasteiger partial charge in [-0.05, 0) is 31.9 Å². The maximum absolute atomic E-state index is 13.1. The van der Waals surface area contributed by atoms with Crippen LogP contribution in [0.1, 0.15) is 44.9 Å². The summed E-state index contributed by atoms with van der Waals surface area (Å²) in [4.78, 5) is 33.1. The molecule has 0 saturated carbocycles. The SMILES string of the molecule is CCCCN1CC(=O)N2[C@@H](Cc3c([nH]c4ccccc34)C2(C)C)C1=O. The smallest absolute Gasteiger partial charge is 0.246 e. The van der Waals surface area contributed by atoms with Crippen molar-refractivity contribution >= 4 is 22.7 Å². The van der Waals surface area contributed by atoms with E-state index in [0.29, 0.717) is 13.0 Å². The second-order valence-corrected chi connectivity index (χ2v) is 7.68. The Bertz CT molecular complexity index is 852. The Balaban J connectivity index is 1.80. The van der Waals surface area contributed by atoms with Gasteiger partial charge in [-0.3, -0.25) is 9.59 Å². The monoisotopic (exact) mass is 339 g/mol. The van der Waals surface area contributed by atoms with E-state index < -0.39 is 5.54 Å². The van der Waals surface area contributed by atoms with Gasteiger partial charge in [-0.1, -0.05) is 31.5 Å². The van der Waals surface area contributed by atoms with Gasteiger partial charge in [0.1, 0.15) is 6.04 Å². The number of rotatable bonds is 3. The molecule has 25 heavy (non-hydrogen) atoms. The third-order valence-electron chi connectivity index (χ3n) is 5.71. The largest absolute Gasteiger partial charge is 0.356 e. The number of carbonyl (C=O) groups excluding carboxylic acids is 2. The number of H-pyrrole nitrogens is 1. The van der Waals surface area contributed by atoms with Crippen LogP contribution in [-0.2, 0) is 21.5 Å². The molecule has 1 atom stereocenters. The number of hydrogen-bond acceptors (Lipinski definition) is 2. The van der Waals surface area contributed by atoms with Gasteiger partial charge in [0, 0.05) is 29.6 Å². The normalized spacial score (nSPS) is 22.3. The molecular weight excluding hydrogens is 314 g/mol. The first-order chi connectivity index (χ1) is 11.9. The van der Waals surface area contributed by atoms with Gasteiger partial charge in [-0.15, -0.1) is 0 Å². The predicted molar refractivity (Wildman–Crippen MR) is 97.2 cm³/mol. The molecular formula is C20H25N3O2. The van der Waals surface area contributed by atoms with Gasteiger partial charge in [0.2, 0.25) is 11.8 Å². The Labute approximate surface area is 148 Å². The molecule has 1 N–H and O–H groups in total. The molecule has 1 fully saturated rings. The van der Waals surface area contributed by atoms with Crippen molar-refractivity contribution in [2.45, 2.75) is 51.6 Å². The predicted octanol–water partition coefficient (Wildman–Crippen LogP) is 2.80. The van der Waals surface area contributed by atoms with Crippen LogP contribution < -0.4 is 0 Å². The van der Waals surface area contributed by atoms with Crippen molar-refractivity contribution in [3.63, 3.8) is 0 Å². The van der Waals surface area contributed by atoms with Crippen molar-refractivity contribution in [2.24, 2.45) is 0 Å². The number of amides is 2. The molecule has 2 amide bonds. The van der Waals surface area contributed by atoms with Gasteiger partial charge in [0.05, 0.1) is 12.1 Å². The van der Waals surface area contributed by atoms with Crippen LogP contribution in [0, 0.1) is 0 Å². The summed E-state index contributed by atoms with van der Waals surface area (Å²) in [5, 5.41) is 1.16. The molecule has 1 aromatic heterocycles. The number of aromatic amines is 1.